The molecule has 120 valence electrons. The lowest BCUT2D eigenvalue weighted by Crippen LogP contribution is -2.16. The zero-order valence-electron chi connectivity index (χ0n) is 12.0. The fourth-order valence-electron chi connectivity index (χ4n) is 1.91. The average Bonchev–Trinajstić information content (AvgIpc) is 2.53. The van der Waals surface area contributed by atoms with E-state index in [1.807, 2.05) is 0 Å². The molecule has 2 rings (SSSR count). The minimum absolute atomic E-state index is 0.214. The fraction of sp³-hybridized carbons (Fsp3) is 0.125. The summed E-state index contributed by atoms with van der Waals surface area (Å²) in [6, 6.07) is 11.0. The van der Waals surface area contributed by atoms with Crippen LogP contribution < -0.4 is 5.32 Å². The van der Waals surface area contributed by atoms with Gasteiger partial charge in [-0.15, -0.1) is 0 Å². The number of benzene rings is 2. The fourth-order valence-corrected chi connectivity index (χ4v) is 2.21. The van der Waals surface area contributed by atoms with Crippen LogP contribution in [0.5, 0.6) is 0 Å². The van der Waals surface area contributed by atoms with E-state index in [0.29, 0.717) is 11.3 Å². The molecule has 0 unspecified atom stereocenters. The Morgan fingerprint density at radius 3 is 2.13 bits per heavy atom. The van der Waals surface area contributed by atoms with Crippen molar-refractivity contribution in [2.24, 2.45) is 0 Å². The Labute approximate surface area is 136 Å². The van der Waals surface area contributed by atoms with Gasteiger partial charge in [-0.05, 0) is 30.3 Å². The molecule has 0 amide bonds. The van der Waals surface area contributed by atoms with Crippen molar-refractivity contribution >= 4 is 28.9 Å². The number of rotatable bonds is 3. The summed E-state index contributed by atoms with van der Waals surface area (Å²) in [6.07, 6.45) is -4.39. The first kappa shape index (κ1) is 17.0. The zero-order valence-corrected chi connectivity index (χ0v) is 12.8. The van der Waals surface area contributed by atoms with Gasteiger partial charge in [0.15, 0.2) is 0 Å². The number of hydrogen-bond donors (Lipinski definition) is 1. The van der Waals surface area contributed by atoms with Crippen LogP contribution in [0.25, 0.3) is 0 Å². The first-order chi connectivity index (χ1) is 10.8. The first-order valence-electron chi connectivity index (χ1n) is 6.49. The highest BCUT2D eigenvalue weighted by Crippen LogP contribution is 2.30. The molecule has 2 aromatic rings. The molecule has 0 heterocycles. The lowest BCUT2D eigenvalue weighted by molar-refractivity contribution is -0.137. The molecule has 0 aliphatic heterocycles. The Kier molecular flexibility index (Phi) is 5.00. The quantitative estimate of drug-likeness (QED) is 0.669. The van der Waals surface area contributed by atoms with Crippen molar-refractivity contribution in [3.8, 4) is 0 Å². The molecule has 23 heavy (non-hydrogen) atoms. The van der Waals surface area contributed by atoms with Gasteiger partial charge in [0.05, 0.1) is 18.2 Å². The summed E-state index contributed by atoms with van der Waals surface area (Å²) < 4.78 is 42.3. The smallest absolute Gasteiger partial charge is 0.416 e. The van der Waals surface area contributed by atoms with Gasteiger partial charge in [0.25, 0.3) is 0 Å². The summed E-state index contributed by atoms with van der Waals surface area (Å²) in [4.78, 5) is 11.9. The van der Waals surface area contributed by atoms with Gasteiger partial charge in [-0.2, -0.15) is 13.2 Å². The molecule has 0 saturated heterocycles. The van der Waals surface area contributed by atoms with E-state index in [9.17, 15) is 18.0 Å². The maximum Gasteiger partial charge on any atom is 0.416 e. The van der Waals surface area contributed by atoms with Crippen LogP contribution in [0, 0.1) is 0 Å². The van der Waals surface area contributed by atoms with Crippen LogP contribution in [-0.4, -0.2) is 18.1 Å². The summed E-state index contributed by atoms with van der Waals surface area (Å²) in [5, 5.41) is 2.81. The number of carbonyl (C=O) groups excluding carboxylic acids is 1. The van der Waals surface area contributed by atoms with Gasteiger partial charge in [0.1, 0.15) is 4.99 Å². The number of hydrogen-bond acceptors (Lipinski definition) is 3. The molecule has 0 atom stereocenters. The molecule has 0 aliphatic carbocycles. The van der Waals surface area contributed by atoms with E-state index in [4.69, 9.17) is 12.2 Å². The lowest BCUT2D eigenvalue weighted by Gasteiger charge is -2.12. The third kappa shape index (κ3) is 4.07. The van der Waals surface area contributed by atoms with E-state index in [1.165, 1.54) is 19.2 Å². The lowest BCUT2D eigenvalue weighted by atomic mass is 10.1. The number of esters is 1. The van der Waals surface area contributed by atoms with Crippen molar-refractivity contribution in [2.45, 2.75) is 6.18 Å². The number of alkyl halides is 3. The Balaban J connectivity index is 2.22. The average molecular weight is 339 g/mol. The second-order valence-corrected chi connectivity index (χ2v) is 4.97. The maximum absolute atomic E-state index is 12.5. The Hall–Kier alpha value is -2.41. The van der Waals surface area contributed by atoms with Crippen LogP contribution >= 0.6 is 12.2 Å². The highest BCUT2D eigenvalue weighted by Gasteiger charge is 2.30. The number of halogens is 3. The largest absolute Gasteiger partial charge is 0.465 e. The van der Waals surface area contributed by atoms with Gasteiger partial charge in [0.2, 0.25) is 0 Å². The van der Waals surface area contributed by atoms with Crippen molar-refractivity contribution < 1.29 is 22.7 Å². The monoisotopic (exact) mass is 339 g/mol. The van der Waals surface area contributed by atoms with Gasteiger partial charge in [-0.1, -0.05) is 30.4 Å². The standard InChI is InChI=1S/C16H12F3NO2S/c1-22-15(21)13-5-3-2-4-12(13)14(23)20-11-8-6-10(7-9-11)16(17,18)19/h2-9H,1H3,(H,20,23). The normalized spacial score (nSPS) is 11.0. The molecule has 1 N–H and O–H groups in total. The molecule has 7 heteroatoms. The zero-order chi connectivity index (χ0) is 17.0. The van der Waals surface area contributed by atoms with Crippen molar-refractivity contribution in [3.63, 3.8) is 0 Å². The van der Waals surface area contributed by atoms with Crippen LogP contribution in [0.1, 0.15) is 21.5 Å². The third-order valence-electron chi connectivity index (χ3n) is 3.05. The van der Waals surface area contributed by atoms with E-state index >= 15 is 0 Å². The highest BCUT2D eigenvalue weighted by molar-refractivity contribution is 7.81. The van der Waals surface area contributed by atoms with Crippen molar-refractivity contribution in [1.29, 1.82) is 0 Å². The molecule has 0 fully saturated rings. The van der Waals surface area contributed by atoms with E-state index in [2.05, 4.69) is 10.1 Å². The Morgan fingerprint density at radius 2 is 1.61 bits per heavy atom. The number of ether oxygens (including phenoxy) is 1. The van der Waals surface area contributed by atoms with E-state index in [-0.39, 0.29) is 10.6 Å². The minimum Gasteiger partial charge on any atom is -0.465 e. The summed E-state index contributed by atoms with van der Waals surface area (Å²) in [7, 11) is 1.26. The molecule has 0 spiro atoms. The van der Waals surface area contributed by atoms with Crippen molar-refractivity contribution in [3.05, 3.63) is 65.2 Å². The molecular weight excluding hydrogens is 327 g/mol. The topological polar surface area (TPSA) is 38.3 Å². The number of methoxy groups -OCH3 is 1. The SMILES string of the molecule is COC(=O)c1ccccc1C(=S)Nc1ccc(C(F)(F)F)cc1. The van der Waals surface area contributed by atoms with Crippen LogP contribution in [0.4, 0.5) is 18.9 Å². The first-order valence-corrected chi connectivity index (χ1v) is 6.89. The molecule has 3 nitrogen and oxygen atoms in total. The van der Waals surface area contributed by atoms with Gasteiger partial charge in [-0.25, -0.2) is 4.79 Å². The van der Waals surface area contributed by atoms with Gasteiger partial charge >= 0.3 is 12.1 Å². The molecule has 0 aliphatic rings. The molecule has 0 radical (unpaired) electrons. The number of thiocarbonyl (C=S) groups is 1. The second-order valence-electron chi connectivity index (χ2n) is 4.57. The summed E-state index contributed by atoms with van der Waals surface area (Å²) in [5.41, 5.74) is 0.361. The predicted molar refractivity (Wildman–Crippen MR) is 84.5 cm³/mol. The third-order valence-corrected chi connectivity index (χ3v) is 3.37. The van der Waals surface area contributed by atoms with Crippen molar-refractivity contribution in [2.75, 3.05) is 12.4 Å². The predicted octanol–water partition coefficient (Wildman–Crippen LogP) is 4.28. The maximum atomic E-state index is 12.5. The van der Waals surface area contributed by atoms with E-state index in [0.717, 1.165) is 12.1 Å². The summed E-state index contributed by atoms with van der Waals surface area (Å²) in [5.74, 6) is -0.544. The van der Waals surface area contributed by atoms with Crippen LogP contribution in [0.3, 0.4) is 0 Å². The molecule has 0 bridgehead atoms. The van der Waals surface area contributed by atoms with Crippen LogP contribution in [0.15, 0.2) is 48.5 Å². The van der Waals surface area contributed by atoms with Gasteiger partial charge in [0, 0.05) is 11.3 Å². The van der Waals surface area contributed by atoms with E-state index in [1.54, 1.807) is 24.3 Å². The highest BCUT2D eigenvalue weighted by atomic mass is 32.1. The molecule has 0 saturated carbocycles. The summed E-state index contributed by atoms with van der Waals surface area (Å²) >= 11 is 5.22. The summed E-state index contributed by atoms with van der Waals surface area (Å²) in [6.45, 7) is 0. The van der Waals surface area contributed by atoms with Gasteiger partial charge < -0.3 is 10.1 Å². The Morgan fingerprint density at radius 1 is 1.04 bits per heavy atom. The number of anilines is 1. The van der Waals surface area contributed by atoms with E-state index < -0.39 is 17.7 Å². The van der Waals surface area contributed by atoms with Crippen LogP contribution in [0.2, 0.25) is 0 Å². The molecule has 0 aromatic heterocycles. The Bertz CT molecular complexity index is 727. The van der Waals surface area contributed by atoms with Crippen molar-refractivity contribution in [1.82, 2.24) is 0 Å². The molecular formula is C16H12F3NO2S. The molecule has 2 aromatic carbocycles. The minimum atomic E-state index is -4.39. The second kappa shape index (κ2) is 6.78. The number of nitrogens with one attached hydrogen (secondary N) is 1. The van der Waals surface area contributed by atoms with Gasteiger partial charge in [-0.3, -0.25) is 0 Å². The van der Waals surface area contributed by atoms with Crippen LogP contribution in [-0.2, 0) is 10.9 Å². The number of carbonyl (C=O) groups is 1.